The molecule has 0 radical (unpaired) electrons. The molecule has 1 unspecified atom stereocenters. The molecule has 102 valence electrons. The molecule has 1 aromatic carbocycles. The Morgan fingerprint density at radius 2 is 2.11 bits per heavy atom. The van der Waals surface area contributed by atoms with Crippen LogP contribution >= 0.6 is 50.1 Å². The highest BCUT2D eigenvalue weighted by Crippen LogP contribution is 2.32. The van der Waals surface area contributed by atoms with Crippen LogP contribution in [0, 0.1) is 3.57 Å². The minimum Gasteiger partial charge on any atom is -0.319 e. The molecule has 19 heavy (non-hydrogen) atoms. The van der Waals surface area contributed by atoms with Crippen LogP contribution in [0.5, 0.6) is 0 Å². The van der Waals surface area contributed by atoms with Gasteiger partial charge >= 0.3 is 0 Å². The van der Waals surface area contributed by atoms with Crippen molar-refractivity contribution in [1.29, 1.82) is 0 Å². The first kappa shape index (κ1) is 15.3. The lowest BCUT2D eigenvalue weighted by Gasteiger charge is -2.19. The van der Waals surface area contributed by atoms with Crippen LogP contribution in [0.2, 0.25) is 5.02 Å². The highest BCUT2D eigenvalue weighted by atomic mass is 127. The van der Waals surface area contributed by atoms with Gasteiger partial charge in [-0.15, -0.1) is 0 Å². The van der Waals surface area contributed by atoms with E-state index in [1.165, 1.54) is 0 Å². The quantitative estimate of drug-likeness (QED) is 0.693. The zero-order valence-corrected chi connectivity index (χ0v) is 15.1. The van der Waals surface area contributed by atoms with E-state index < -0.39 is 0 Å². The molecule has 0 aliphatic rings. The number of benzene rings is 1. The van der Waals surface area contributed by atoms with Crippen LogP contribution in [0.25, 0.3) is 0 Å². The van der Waals surface area contributed by atoms with Crippen LogP contribution in [-0.2, 0) is 0 Å². The number of halogens is 3. The maximum Gasteiger partial charge on any atom is 0.0745 e. The molecule has 2 rings (SSSR count). The van der Waals surface area contributed by atoms with E-state index in [0.29, 0.717) is 5.02 Å². The Morgan fingerprint density at radius 3 is 2.74 bits per heavy atom. The zero-order valence-electron chi connectivity index (χ0n) is 10.6. The van der Waals surface area contributed by atoms with Gasteiger partial charge in [0.15, 0.2) is 0 Å². The van der Waals surface area contributed by atoms with E-state index in [9.17, 15) is 0 Å². The fraction of sp³-hybridized carbons (Fsp3) is 0.308. The summed E-state index contributed by atoms with van der Waals surface area (Å²) in [5.74, 6) is 0. The molecule has 0 spiro atoms. The molecule has 0 aliphatic heterocycles. The van der Waals surface area contributed by atoms with E-state index in [-0.39, 0.29) is 12.1 Å². The third-order valence-electron chi connectivity index (χ3n) is 2.86. The molecular formula is C13H14BrClIN3. The van der Waals surface area contributed by atoms with Gasteiger partial charge in [-0.3, -0.25) is 4.68 Å². The molecule has 1 aromatic heterocycles. The van der Waals surface area contributed by atoms with E-state index in [1.807, 2.05) is 22.9 Å². The van der Waals surface area contributed by atoms with E-state index in [4.69, 9.17) is 17.3 Å². The van der Waals surface area contributed by atoms with Crippen molar-refractivity contribution in [3.05, 3.63) is 48.7 Å². The Kier molecular flexibility index (Phi) is 4.92. The van der Waals surface area contributed by atoms with Crippen molar-refractivity contribution in [1.82, 2.24) is 9.78 Å². The van der Waals surface area contributed by atoms with Gasteiger partial charge in [-0.1, -0.05) is 11.6 Å². The molecule has 0 amide bonds. The number of rotatable bonds is 3. The third-order valence-corrected chi connectivity index (χ3v) is 4.69. The summed E-state index contributed by atoms with van der Waals surface area (Å²) in [5, 5.41) is 5.06. The zero-order chi connectivity index (χ0) is 14.2. The van der Waals surface area contributed by atoms with Crippen molar-refractivity contribution in [2.24, 2.45) is 5.73 Å². The fourth-order valence-electron chi connectivity index (χ4n) is 1.95. The van der Waals surface area contributed by atoms with Crippen LogP contribution < -0.4 is 5.73 Å². The minimum absolute atomic E-state index is 0.254. The Hall–Kier alpha value is -0.110. The summed E-state index contributed by atoms with van der Waals surface area (Å²) >= 11 is 11.9. The van der Waals surface area contributed by atoms with Gasteiger partial charge in [-0.2, -0.15) is 5.10 Å². The second-order valence-electron chi connectivity index (χ2n) is 4.56. The first-order valence-corrected chi connectivity index (χ1v) is 8.10. The number of nitrogens with two attached hydrogens (primary N) is 1. The standard InChI is InChI=1S/C13H14BrClIN3/c1-7(2)19-13(10(14)6-18-19)12(17)9-5-8(15)3-4-11(9)16/h3-7,12H,17H2,1-2H3. The van der Waals surface area contributed by atoms with Gasteiger partial charge in [-0.25, -0.2) is 0 Å². The van der Waals surface area contributed by atoms with Gasteiger partial charge in [-0.05, 0) is 76.1 Å². The lowest BCUT2D eigenvalue weighted by Crippen LogP contribution is -2.20. The Balaban J connectivity index is 2.52. The summed E-state index contributed by atoms with van der Waals surface area (Å²) in [4.78, 5) is 0. The molecule has 6 heteroatoms. The lowest BCUT2D eigenvalue weighted by molar-refractivity contribution is 0.498. The van der Waals surface area contributed by atoms with Gasteiger partial charge in [0, 0.05) is 14.6 Å². The van der Waals surface area contributed by atoms with Crippen molar-refractivity contribution < 1.29 is 0 Å². The van der Waals surface area contributed by atoms with Gasteiger partial charge in [0.1, 0.15) is 0 Å². The Morgan fingerprint density at radius 1 is 1.42 bits per heavy atom. The monoisotopic (exact) mass is 453 g/mol. The van der Waals surface area contributed by atoms with Crippen molar-refractivity contribution >= 4 is 50.1 Å². The fourth-order valence-corrected chi connectivity index (χ4v) is 3.32. The Labute approximate surface area is 139 Å². The van der Waals surface area contributed by atoms with E-state index in [1.54, 1.807) is 6.20 Å². The molecule has 2 aromatic rings. The number of nitrogens with zero attached hydrogens (tertiary/aromatic N) is 2. The van der Waals surface area contributed by atoms with Crippen LogP contribution in [-0.4, -0.2) is 9.78 Å². The van der Waals surface area contributed by atoms with Crippen molar-refractivity contribution in [2.45, 2.75) is 25.9 Å². The number of hydrogen-bond acceptors (Lipinski definition) is 2. The van der Waals surface area contributed by atoms with Gasteiger partial charge in [0.25, 0.3) is 0 Å². The van der Waals surface area contributed by atoms with E-state index >= 15 is 0 Å². The second kappa shape index (κ2) is 6.11. The predicted molar refractivity (Wildman–Crippen MR) is 90.5 cm³/mol. The summed E-state index contributed by atoms with van der Waals surface area (Å²) in [6, 6.07) is 5.75. The first-order chi connectivity index (χ1) is 8.91. The lowest BCUT2D eigenvalue weighted by atomic mass is 10.0. The molecule has 0 aliphatic carbocycles. The van der Waals surface area contributed by atoms with Crippen LogP contribution in [0.1, 0.15) is 37.2 Å². The predicted octanol–water partition coefficient (Wildman–Crippen LogP) is 4.53. The first-order valence-electron chi connectivity index (χ1n) is 5.85. The maximum absolute atomic E-state index is 6.42. The molecule has 1 heterocycles. The summed E-state index contributed by atoms with van der Waals surface area (Å²) in [5.41, 5.74) is 8.39. The summed E-state index contributed by atoms with van der Waals surface area (Å²) in [6.07, 6.45) is 1.78. The van der Waals surface area contributed by atoms with Crippen molar-refractivity contribution in [3.8, 4) is 0 Å². The average molecular weight is 455 g/mol. The minimum atomic E-state index is -0.259. The van der Waals surface area contributed by atoms with Crippen LogP contribution in [0.15, 0.2) is 28.9 Å². The summed E-state index contributed by atoms with van der Waals surface area (Å²) in [7, 11) is 0. The normalized spacial score (nSPS) is 13.0. The van der Waals surface area contributed by atoms with Crippen LogP contribution in [0.4, 0.5) is 0 Å². The SMILES string of the molecule is CC(C)n1ncc(Br)c1C(N)c1cc(Cl)ccc1I. The highest BCUT2D eigenvalue weighted by Gasteiger charge is 2.21. The van der Waals surface area contributed by atoms with Gasteiger partial charge in [0.05, 0.1) is 22.4 Å². The molecule has 0 bridgehead atoms. The molecule has 0 saturated carbocycles. The summed E-state index contributed by atoms with van der Waals surface area (Å²) < 4.78 is 3.95. The van der Waals surface area contributed by atoms with E-state index in [0.717, 1.165) is 19.3 Å². The highest BCUT2D eigenvalue weighted by molar-refractivity contribution is 14.1. The summed E-state index contributed by atoms with van der Waals surface area (Å²) in [6.45, 7) is 4.16. The number of hydrogen-bond donors (Lipinski definition) is 1. The number of aromatic nitrogens is 2. The van der Waals surface area contributed by atoms with Crippen molar-refractivity contribution in [2.75, 3.05) is 0 Å². The van der Waals surface area contributed by atoms with Gasteiger partial charge in [0.2, 0.25) is 0 Å². The molecule has 0 saturated heterocycles. The smallest absolute Gasteiger partial charge is 0.0745 e. The largest absolute Gasteiger partial charge is 0.319 e. The third kappa shape index (κ3) is 3.15. The molecular weight excluding hydrogens is 440 g/mol. The van der Waals surface area contributed by atoms with Crippen molar-refractivity contribution in [3.63, 3.8) is 0 Å². The molecule has 3 nitrogen and oxygen atoms in total. The maximum atomic E-state index is 6.42. The molecule has 1 atom stereocenters. The molecule has 0 fully saturated rings. The van der Waals surface area contributed by atoms with Crippen LogP contribution in [0.3, 0.4) is 0 Å². The van der Waals surface area contributed by atoms with Gasteiger partial charge < -0.3 is 5.73 Å². The topological polar surface area (TPSA) is 43.8 Å². The average Bonchev–Trinajstić information content (AvgIpc) is 2.73. The second-order valence-corrected chi connectivity index (χ2v) is 7.01. The Bertz CT molecular complexity index is 598. The van der Waals surface area contributed by atoms with E-state index in [2.05, 4.69) is 57.5 Å². The molecule has 2 N–H and O–H groups in total.